The highest BCUT2D eigenvalue weighted by atomic mass is 35.5. The molecule has 0 atom stereocenters. The molecule has 2 rings (SSSR count). The van der Waals surface area contributed by atoms with Gasteiger partial charge in [0.05, 0.1) is 6.26 Å². The van der Waals surface area contributed by atoms with Gasteiger partial charge in [0.15, 0.2) is 0 Å². The monoisotopic (exact) mass is 240 g/mol. The third kappa shape index (κ3) is 2.50. The zero-order valence-electron chi connectivity index (χ0n) is 8.79. The molecule has 0 bridgehead atoms. The topological polar surface area (TPSA) is 13.1 Å². The maximum absolute atomic E-state index is 5.89. The first-order valence-corrected chi connectivity index (χ1v) is 6.36. The molecule has 0 saturated carbocycles. The van der Waals surface area contributed by atoms with E-state index in [0.717, 1.165) is 16.4 Å². The van der Waals surface area contributed by atoms with Gasteiger partial charge >= 0.3 is 0 Å². The third-order valence-corrected chi connectivity index (χ3v) is 3.57. The van der Waals surface area contributed by atoms with E-state index in [-0.39, 0.29) is 0 Å². The van der Waals surface area contributed by atoms with Gasteiger partial charge in [0, 0.05) is 21.7 Å². The van der Waals surface area contributed by atoms with Crippen LogP contribution in [0.2, 0.25) is 5.02 Å². The molecule has 1 heterocycles. The Morgan fingerprint density at radius 1 is 1.40 bits per heavy atom. The molecule has 0 aliphatic heterocycles. The molecule has 1 aromatic heterocycles. The first-order valence-electron chi connectivity index (χ1n) is 4.94. The fourth-order valence-electron chi connectivity index (χ4n) is 1.43. The van der Waals surface area contributed by atoms with E-state index in [1.54, 1.807) is 0 Å². The average Bonchev–Trinajstić information content (AvgIpc) is 2.57. The molecule has 2 aromatic rings. The second-order valence-electron chi connectivity index (χ2n) is 3.76. The van der Waals surface area contributed by atoms with Crippen LogP contribution < -0.4 is 0 Å². The fraction of sp³-hybridized carbons (Fsp3) is 0.333. The number of thioether (sulfide) groups is 1. The minimum Gasteiger partial charge on any atom is -0.464 e. The predicted octanol–water partition coefficient (Wildman–Crippen LogP) is 4.73. The zero-order valence-corrected chi connectivity index (χ0v) is 10.4. The summed E-state index contributed by atoms with van der Waals surface area (Å²) >= 11 is 7.81. The summed E-state index contributed by atoms with van der Waals surface area (Å²) < 4.78 is 5.46. The Balaban J connectivity index is 2.29. The van der Waals surface area contributed by atoms with Crippen molar-refractivity contribution in [3.05, 3.63) is 35.0 Å². The first-order chi connectivity index (χ1) is 7.16. The van der Waals surface area contributed by atoms with Crippen molar-refractivity contribution >= 4 is 34.3 Å². The second-order valence-corrected chi connectivity index (χ2v) is 5.76. The Morgan fingerprint density at radius 3 is 2.93 bits per heavy atom. The molecule has 1 aromatic carbocycles. The van der Waals surface area contributed by atoms with E-state index < -0.39 is 0 Å². The van der Waals surface area contributed by atoms with Gasteiger partial charge in [-0.15, -0.1) is 0 Å². The highest BCUT2D eigenvalue weighted by molar-refractivity contribution is 7.99. The molecule has 0 amide bonds. The van der Waals surface area contributed by atoms with Crippen molar-refractivity contribution in [1.82, 2.24) is 0 Å². The van der Waals surface area contributed by atoms with Crippen molar-refractivity contribution in [2.24, 2.45) is 0 Å². The van der Waals surface area contributed by atoms with Crippen LogP contribution in [-0.4, -0.2) is 5.25 Å². The number of fused-ring (bicyclic) bond motifs is 1. The predicted molar refractivity (Wildman–Crippen MR) is 67.7 cm³/mol. The summed E-state index contributed by atoms with van der Waals surface area (Å²) in [4.78, 5) is 0. The van der Waals surface area contributed by atoms with Crippen LogP contribution in [0.25, 0.3) is 11.0 Å². The lowest BCUT2D eigenvalue weighted by Crippen LogP contribution is -1.87. The van der Waals surface area contributed by atoms with Gasteiger partial charge in [0.1, 0.15) is 5.58 Å². The highest BCUT2D eigenvalue weighted by Gasteiger charge is 2.06. The van der Waals surface area contributed by atoms with Gasteiger partial charge in [0.25, 0.3) is 0 Å². The smallest absolute Gasteiger partial charge is 0.135 e. The van der Waals surface area contributed by atoms with Gasteiger partial charge in [0.2, 0.25) is 0 Å². The van der Waals surface area contributed by atoms with Crippen LogP contribution >= 0.6 is 23.4 Å². The highest BCUT2D eigenvalue weighted by Crippen LogP contribution is 2.28. The minimum absolute atomic E-state index is 0.641. The number of rotatable bonds is 3. The Hall–Kier alpha value is -0.600. The van der Waals surface area contributed by atoms with Crippen molar-refractivity contribution in [1.29, 1.82) is 0 Å². The summed E-state index contributed by atoms with van der Waals surface area (Å²) in [5, 5.41) is 2.54. The van der Waals surface area contributed by atoms with Crippen LogP contribution in [-0.2, 0) is 5.75 Å². The Morgan fingerprint density at radius 2 is 2.20 bits per heavy atom. The molecule has 0 spiro atoms. The standard InChI is InChI=1S/C12H13ClOS/c1-8(2)15-7-9-6-14-12-5-10(13)3-4-11(9)12/h3-6,8H,7H2,1-2H3. The fourth-order valence-corrected chi connectivity index (χ4v) is 2.32. The molecule has 0 aliphatic rings. The van der Waals surface area contributed by atoms with E-state index >= 15 is 0 Å². The van der Waals surface area contributed by atoms with E-state index in [2.05, 4.69) is 13.8 Å². The Bertz CT molecular complexity index is 462. The zero-order chi connectivity index (χ0) is 10.8. The molecule has 0 radical (unpaired) electrons. The number of benzene rings is 1. The second kappa shape index (κ2) is 4.50. The van der Waals surface area contributed by atoms with E-state index in [9.17, 15) is 0 Å². The van der Waals surface area contributed by atoms with Crippen LogP contribution in [0.3, 0.4) is 0 Å². The van der Waals surface area contributed by atoms with Crippen molar-refractivity contribution in [2.45, 2.75) is 24.9 Å². The maximum Gasteiger partial charge on any atom is 0.135 e. The number of hydrogen-bond donors (Lipinski definition) is 0. The summed E-state index contributed by atoms with van der Waals surface area (Å²) in [6, 6.07) is 5.79. The molecule has 0 saturated heterocycles. The Kier molecular flexibility index (Phi) is 3.27. The van der Waals surface area contributed by atoms with E-state index in [0.29, 0.717) is 5.25 Å². The maximum atomic E-state index is 5.89. The summed E-state index contributed by atoms with van der Waals surface area (Å²) in [5.74, 6) is 0.992. The van der Waals surface area contributed by atoms with Crippen LogP contribution in [0.5, 0.6) is 0 Å². The normalized spacial score (nSPS) is 11.5. The van der Waals surface area contributed by atoms with E-state index in [1.807, 2.05) is 36.2 Å². The summed E-state index contributed by atoms with van der Waals surface area (Å²) in [7, 11) is 0. The lowest BCUT2D eigenvalue weighted by atomic mass is 10.2. The minimum atomic E-state index is 0.641. The van der Waals surface area contributed by atoms with Gasteiger partial charge in [-0.2, -0.15) is 11.8 Å². The van der Waals surface area contributed by atoms with Crippen molar-refractivity contribution in [2.75, 3.05) is 0 Å². The first kappa shape index (κ1) is 10.9. The van der Waals surface area contributed by atoms with Gasteiger partial charge in [-0.25, -0.2) is 0 Å². The van der Waals surface area contributed by atoms with Crippen LogP contribution in [0, 0.1) is 0 Å². The molecule has 0 aliphatic carbocycles. The van der Waals surface area contributed by atoms with Gasteiger partial charge in [-0.05, 0) is 23.4 Å². The van der Waals surface area contributed by atoms with E-state index in [1.165, 1.54) is 10.9 Å². The summed E-state index contributed by atoms with van der Waals surface area (Å²) in [5.41, 5.74) is 2.13. The SMILES string of the molecule is CC(C)SCc1coc2cc(Cl)ccc12. The molecule has 1 nitrogen and oxygen atoms in total. The van der Waals surface area contributed by atoms with Gasteiger partial charge < -0.3 is 4.42 Å². The van der Waals surface area contributed by atoms with Crippen LogP contribution in [0.1, 0.15) is 19.4 Å². The number of hydrogen-bond acceptors (Lipinski definition) is 2. The molecule has 15 heavy (non-hydrogen) atoms. The number of furan rings is 1. The lowest BCUT2D eigenvalue weighted by Gasteiger charge is -2.02. The molecular formula is C12H13ClOS. The van der Waals surface area contributed by atoms with E-state index in [4.69, 9.17) is 16.0 Å². The largest absolute Gasteiger partial charge is 0.464 e. The molecular weight excluding hydrogens is 228 g/mol. The molecule has 0 fully saturated rings. The van der Waals surface area contributed by atoms with Crippen LogP contribution in [0.4, 0.5) is 0 Å². The number of halogens is 1. The van der Waals surface area contributed by atoms with Crippen molar-refractivity contribution < 1.29 is 4.42 Å². The average molecular weight is 241 g/mol. The molecule has 0 unspecified atom stereocenters. The van der Waals surface area contributed by atoms with Crippen LogP contribution in [0.15, 0.2) is 28.9 Å². The molecule has 3 heteroatoms. The van der Waals surface area contributed by atoms with Crippen molar-refractivity contribution in [3.63, 3.8) is 0 Å². The van der Waals surface area contributed by atoms with Crippen molar-refractivity contribution in [3.8, 4) is 0 Å². The van der Waals surface area contributed by atoms with Gasteiger partial charge in [-0.1, -0.05) is 25.4 Å². The molecule has 80 valence electrons. The lowest BCUT2D eigenvalue weighted by molar-refractivity contribution is 0.612. The summed E-state index contributed by atoms with van der Waals surface area (Å²) in [6.07, 6.45) is 1.83. The quantitative estimate of drug-likeness (QED) is 0.770. The summed E-state index contributed by atoms with van der Waals surface area (Å²) in [6.45, 7) is 4.40. The third-order valence-electron chi connectivity index (χ3n) is 2.19. The molecule has 0 N–H and O–H groups in total. The van der Waals surface area contributed by atoms with Gasteiger partial charge in [-0.3, -0.25) is 0 Å². The Labute approximate surface area is 98.8 Å².